The molecule has 0 spiro atoms. The third-order valence-corrected chi connectivity index (χ3v) is 5.06. The molecule has 0 aliphatic rings. The van der Waals surface area contributed by atoms with Crippen molar-refractivity contribution in [3.05, 3.63) is 0 Å². The Hall–Kier alpha value is -0.380. The largest absolute Gasteiger partial charge is 0.468 e. The van der Waals surface area contributed by atoms with Gasteiger partial charge in [0.1, 0.15) is 6.04 Å². The van der Waals surface area contributed by atoms with Gasteiger partial charge >= 0.3 is 5.97 Å². The SMILES string of the molecule is CCCCC(NC(C)CCP(C)(=O)OCC)C(=O)OC. The normalized spacial score (nSPS) is 17.2. The van der Waals surface area contributed by atoms with Gasteiger partial charge in [-0.3, -0.25) is 9.36 Å². The molecule has 0 aromatic rings. The van der Waals surface area contributed by atoms with Gasteiger partial charge in [-0.05, 0) is 26.7 Å². The second kappa shape index (κ2) is 10.4. The summed E-state index contributed by atoms with van der Waals surface area (Å²) in [5.74, 6) is -0.227. The molecule has 3 atom stereocenters. The van der Waals surface area contributed by atoms with E-state index in [2.05, 4.69) is 12.2 Å². The molecule has 0 radical (unpaired) electrons. The van der Waals surface area contributed by atoms with Crippen LogP contribution in [0.5, 0.6) is 0 Å². The molecule has 0 aliphatic heterocycles. The number of ether oxygens (including phenoxy) is 1. The molecular formula is C14H30NO4P. The molecule has 0 rings (SSSR count). The molecule has 0 amide bonds. The maximum atomic E-state index is 12.0. The molecule has 3 unspecified atom stereocenters. The van der Waals surface area contributed by atoms with E-state index in [1.807, 2.05) is 13.8 Å². The van der Waals surface area contributed by atoms with Crippen molar-refractivity contribution in [2.45, 2.75) is 58.5 Å². The summed E-state index contributed by atoms with van der Waals surface area (Å²) in [4.78, 5) is 11.7. The van der Waals surface area contributed by atoms with Gasteiger partial charge in [0.2, 0.25) is 0 Å². The molecule has 0 aromatic carbocycles. The van der Waals surface area contributed by atoms with E-state index in [9.17, 15) is 9.36 Å². The maximum Gasteiger partial charge on any atom is 0.322 e. The topological polar surface area (TPSA) is 64.6 Å². The number of hydrogen-bond acceptors (Lipinski definition) is 5. The van der Waals surface area contributed by atoms with Crippen LogP contribution < -0.4 is 5.32 Å². The second-order valence-corrected chi connectivity index (χ2v) is 7.96. The molecule has 0 aliphatic carbocycles. The van der Waals surface area contributed by atoms with Crippen molar-refractivity contribution in [2.24, 2.45) is 0 Å². The average Bonchev–Trinajstić information content (AvgIpc) is 2.40. The number of carbonyl (C=O) groups excluding carboxylic acids is 1. The summed E-state index contributed by atoms with van der Waals surface area (Å²) in [6, 6.07) is -0.178. The first-order chi connectivity index (χ1) is 9.36. The van der Waals surface area contributed by atoms with E-state index in [1.165, 1.54) is 7.11 Å². The minimum atomic E-state index is -2.50. The minimum absolute atomic E-state index is 0.102. The molecule has 6 heteroatoms. The summed E-state index contributed by atoms with van der Waals surface area (Å²) in [7, 11) is -1.09. The van der Waals surface area contributed by atoms with E-state index in [0.717, 1.165) is 19.3 Å². The average molecular weight is 307 g/mol. The molecule has 0 saturated heterocycles. The van der Waals surface area contributed by atoms with Gasteiger partial charge in [-0.15, -0.1) is 0 Å². The molecule has 5 nitrogen and oxygen atoms in total. The van der Waals surface area contributed by atoms with E-state index < -0.39 is 7.37 Å². The van der Waals surface area contributed by atoms with Gasteiger partial charge in [0.25, 0.3) is 0 Å². The number of methoxy groups -OCH3 is 1. The molecular weight excluding hydrogens is 277 g/mol. The molecule has 1 N–H and O–H groups in total. The second-order valence-electron chi connectivity index (χ2n) is 5.23. The highest BCUT2D eigenvalue weighted by Gasteiger charge is 2.22. The Labute approximate surface area is 123 Å². The van der Waals surface area contributed by atoms with Crippen LogP contribution in [0.2, 0.25) is 0 Å². The quantitative estimate of drug-likeness (QED) is 0.469. The fourth-order valence-electron chi connectivity index (χ4n) is 2.01. The molecule has 0 bridgehead atoms. The highest BCUT2D eigenvalue weighted by atomic mass is 31.2. The van der Waals surface area contributed by atoms with Gasteiger partial charge < -0.3 is 14.6 Å². The van der Waals surface area contributed by atoms with Gasteiger partial charge in [-0.1, -0.05) is 19.8 Å². The Morgan fingerprint density at radius 2 is 1.95 bits per heavy atom. The number of rotatable bonds is 11. The molecule has 20 heavy (non-hydrogen) atoms. The van der Waals surface area contributed by atoms with Crippen molar-refractivity contribution in [1.82, 2.24) is 5.32 Å². The van der Waals surface area contributed by atoms with Crippen molar-refractivity contribution < 1.29 is 18.6 Å². The van der Waals surface area contributed by atoms with E-state index in [0.29, 0.717) is 19.2 Å². The Morgan fingerprint density at radius 1 is 1.30 bits per heavy atom. The lowest BCUT2D eigenvalue weighted by Gasteiger charge is -2.22. The summed E-state index contributed by atoms with van der Waals surface area (Å²) in [5, 5.41) is 3.27. The van der Waals surface area contributed by atoms with Crippen LogP contribution >= 0.6 is 7.37 Å². The standard InChI is InChI=1S/C14H30NO4P/c1-6-8-9-13(14(16)18-4)15-12(3)10-11-20(5,17)19-7-2/h12-13,15H,6-11H2,1-5H3. The van der Waals surface area contributed by atoms with Crippen LogP contribution in [-0.4, -0.2) is 44.6 Å². The van der Waals surface area contributed by atoms with Gasteiger partial charge in [0.15, 0.2) is 7.37 Å². The first-order valence-corrected chi connectivity index (χ1v) is 9.67. The Balaban J connectivity index is 4.27. The van der Waals surface area contributed by atoms with Crippen LogP contribution in [0.1, 0.15) is 46.5 Å². The minimum Gasteiger partial charge on any atom is -0.468 e. The third-order valence-electron chi connectivity index (χ3n) is 3.19. The Kier molecular flexibility index (Phi) is 10.2. The zero-order chi connectivity index (χ0) is 15.6. The van der Waals surface area contributed by atoms with E-state index in [1.54, 1.807) is 6.66 Å². The smallest absolute Gasteiger partial charge is 0.322 e. The van der Waals surface area contributed by atoms with Crippen LogP contribution in [0.15, 0.2) is 0 Å². The van der Waals surface area contributed by atoms with E-state index in [-0.39, 0.29) is 18.1 Å². The number of carbonyl (C=O) groups is 1. The van der Waals surface area contributed by atoms with Gasteiger partial charge in [0, 0.05) is 18.9 Å². The lowest BCUT2D eigenvalue weighted by Crippen LogP contribution is -2.43. The number of hydrogen-bond donors (Lipinski definition) is 1. The first-order valence-electron chi connectivity index (χ1n) is 7.41. The lowest BCUT2D eigenvalue weighted by atomic mass is 10.1. The first kappa shape index (κ1) is 19.6. The number of nitrogens with one attached hydrogen (secondary N) is 1. The summed E-state index contributed by atoms with van der Waals surface area (Å²) in [6.45, 7) is 8.06. The summed E-state index contributed by atoms with van der Waals surface area (Å²) in [5.41, 5.74) is 0. The fraction of sp³-hybridized carbons (Fsp3) is 0.929. The van der Waals surface area contributed by atoms with Crippen molar-refractivity contribution in [2.75, 3.05) is 26.5 Å². The van der Waals surface area contributed by atoms with Gasteiger partial charge in [0.05, 0.1) is 13.7 Å². The molecule has 0 aromatic heterocycles. The summed E-state index contributed by atoms with van der Waals surface area (Å²) in [6.07, 6.45) is 4.02. The van der Waals surface area contributed by atoms with Crippen LogP contribution in [0.4, 0.5) is 0 Å². The van der Waals surface area contributed by atoms with Gasteiger partial charge in [-0.2, -0.15) is 0 Å². The molecule has 120 valence electrons. The van der Waals surface area contributed by atoms with Gasteiger partial charge in [-0.25, -0.2) is 0 Å². The van der Waals surface area contributed by atoms with E-state index >= 15 is 0 Å². The molecule has 0 heterocycles. The zero-order valence-electron chi connectivity index (χ0n) is 13.5. The number of esters is 1. The fourth-order valence-corrected chi connectivity index (χ4v) is 3.54. The van der Waals surface area contributed by atoms with Crippen molar-refractivity contribution in [3.63, 3.8) is 0 Å². The zero-order valence-corrected chi connectivity index (χ0v) is 14.4. The van der Waals surface area contributed by atoms with Crippen molar-refractivity contribution in [3.8, 4) is 0 Å². The van der Waals surface area contributed by atoms with Crippen LogP contribution in [0.25, 0.3) is 0 Å². The summed E-state index contributed by atoms with van der Waals surface area (Å²) < 4.78 is 22.1. The van der Waals surface area contributed by atoms with Crippen molar-refractivity contribution >= 4 is 13.3 Å². The Morgan fingerprint density at radius 3 is 2.45 bits per heavy atom. The highest BCUT2D eigenvalue weighted by Crippen LogP contribution is 2.43. The molecule has 0 saturated carbocycles. The van der Waals surface area contributed by atoms with Crippen LogP contribution in [-0.2, 0) is 18.6 Å². The predicted octanol–water partition coefficient (Wildman–Crippen LogP) is 3.03. The van der Waals surface area contributed by atoms with E-state index in [4.69, 9.17) is 9.26 Å². The van der Waals surface area contributed by atoms with Crippen LogP contribution in [0, 0.1) is 0 Å². The highest BCUT2D eigenvalue weighted by molar-refractivity contribution is 7.58. The third kappa shape index (κ3) is 8.72. The van der Waals surface area contributed by atoms with Crippen LogP contribution in [0.3, 0.4) is 0 Å². The number of unbranched alkanes of at least 4 members (excludes halogenated alkanes) is 1. The summed E-state index contributed by atoms with van der Waals surface area (Å²) >= 11 is 0. The maximum absolute atomic E-state index is 12.0. The lowest BCUT2D eigenvalue weighted by molar-refractivity contribution is -0.143. The van der Waals surface area contributed by atoms with Crippen molar-refractivity contribution in [1.29, 1.82) is 0 Å². The molecule has 0 fully saturated rings. The predicted molar refractivity (Wildman–Crippen MR) is 82.6 cm³/mol. The monoisotopic (exact) mass is 307 g/mol. The Bertz CT molecular complexity index is 322.